The lowest BCUT2D eigenvalue weighted by molar-refractivity contribution is 0.905. The van der Waals surface area contributed by atoms with Crippen LogP contribution in [0.4, 0.5) is 11.4 Å². The summed E-state index contributed by atoms with van der Waals surface area (Å²) >= 11 is 6.08. The summed E-state index contributed by atoms with van der Waals surface area (Å²) in [5.74, 6) is 0. The van der Waals surface area contributed by atoms with Crippen molar-refractivity contribution in [1.82, 2.24) is 0 Å². The molecule has 0 fully saturated rings. The minimum Gasteiger partial charge on any atom is -0.374 e. The third kappa shape index (κ3) is 5.01. The van der Waals surface area contributed by atoms with Gasteiger partial charge in [-0.1, -0.05) is 29.8 Å². The van der Waals surface area contributed by atoms with Crippen LogP contribution in [0.3, 0.4) is 0 Å². The molecule has 0 aromatic heterocycles. The second-order valence-electron chi connectivity index (χ2n) is 5.26. The van der Waals surface area contributed by atoms with E-state index in [0.717, 1.165) is 34.1 Å². The first-order valence-electron chi connectivity index (χ1n) is 7.33. The number of nitriles is 1. The molecule has 0 spiro atoms. The molecule has 0 saturated heterocycles. The zero-order valence-corrected chi connectivity index (χ0v) is 14.0. The first kappa shape index (κ1) is 16.9. The van der Waals surface area contributed by atoms with Crippen molar-refractivity contribution in [2.75, 3.05) is 23.9 Å². The summed E-state index contributed by atoms with van der Waals surface area (Å²) in [5.41, 5.74) is 6.93. The van der Waals surface area contributed by atoms with Crippen molar-refractivity contribution < 1.29 is 0 Å². The number of hydrogen-bond acceptors (Lipinski definition) is 4. The topological polar surface area (TPSA) is 51.4 Å². The molecule has 0 aliphatic heterocycles. The van der Waals surface area contributed by atoms with E-state index in [4.69, 9.17) is 16.9 Å². The van der Waals surface area contributed by atoms with Crippen LogP contribution in [0.1, 0.15) is 17.5 Å². The summed E-state index contributed by atoms with van der Waals surface area (Å²) in [7, 11) is 1.98. The molecule has 5 heteroatoms. The molecule has 0 amide bonds. The van der Waals surface area contributed by atoms with Gasteiger partial charge in [-0.15, -0.1) is 0 Å². The summed E-state index contributed by atoms with van der Waals surface area (Å²) < 4.78 is 0. The largest absolute Gasteiger partial charge is 0.374 e. The number of hydrazone groups is 1. The van der Waals surface area contributed by atoms with Crippen LogP contribution in [0.25, 0.3) is 0 Å². The Hall–Kier alpha value is -2.51. The number of nitrogens with one attached hydrogen (secondary N) is 1. The highest BCUT2D eigenvalue weighted by Crippen LogP contribution is 2.20. The van der Waals surface area contributed by atoms with Gasteiger partial charge >= 0.3 is 0 Å². The lowest BCUT2D eigenvalue weighted by Gasteiger charge is -2.17. The first-order valence-corrected chi connectivity index (χ1v) is 7.71. The van der Waals surface area contributed by atoms with E-state index < -0.39 is 0 Å². The SMILES string of the molecule is Cc1ccc(N/N=C\c2ccc(N(C)CCC#N)cc2)cc1Cl. The Balaban J connectivity index is 1.95. The van der Waals surface area contributed by atoms with Crippen LogP contribution in [0.15, 0.2) is 47.6 Å². The third-order valence-electron chi connectivity index (χ3n) is 3.47. The Morgan fingerprint density at radius 1 is 1.26 bits per heavy atom. The normalized spacial score (nSPS) is 10.5. The fourth-order valence-corrected chi connectivity index (χ4v) is 2.19. The summed E-state index contributed by atoms with van der Waals surface area (Å²) in [6.07, 6.45) is 2.27. The standard InChI is InChI=1S/C18H19ClN4/c1-14-4-7-16(12-18(14)19)22-21-13-15-5-8-17(9-6-15)23(2)11-3-10-20/h4-9,12-13,22H,3,11H2,1-2H3/b21-13-. The fraction of sp³-hybridized carbons (Fsp3) is 0.222. The molecule has 0 saturated carbocycles. The molecule has 2 rings (SSSR count). The number of nitrogens with zero attached hydrogens (tertiary/aromatic N) is 3. The van der Waals surface area contributed by atoms with Gasteiger partial charge in [0.2, 0.25) is 0 Å². The molecule has 0 atom stereocenters. The lowest BCUT2D eigenvalue weighted by atomic mass is 10.2. The summed E-state index contributed by atoms with van der Waals surface area (Å²) in [6.45, 7) is 2.68. The van der Waals surface area contributed by atoms with Crippen molar-refractivity contribution in [2.45, 2.75) is 13.3 Å². The van der Waals surface area contributed by atoms with Gasteiger partial charge in [0.25, 0.3) is 0 Å². The smallest absolute Gasteiger partial charge is 0.0640 e. The van der Waals surface area contributed by atoms with E-state index >= 15 is 0 Å². The van der Waals surface area contributed by atoms with Crippen molar-refractivity contribution >= 4 is 29.2 Å². The van der Waals surface area contributed by atoms with E-state index in [1.54, 1.807) is 6.21 Å². The Morgan fingerprint density at radius 2 is 2.00 bits per heavy atom. The second-order valence-corrected chi connectivity index (χ2v) is 5.66. The molecular formula is C18H19ClN4. The first-order chi connectivity index (χ1) is 11.1. The van der Waals surface area contributed by atoms with Gasteiger partial charge in [-0.05, 0) is 42.3 Å². The maximum Gasteiger partial charge on any atom is 0.0640 e. The van der Waals surface area contributed by atoms with Crippen molar-refractivity contribution in [2.24, 2.45) is 5.10 Å². The number of halogens is 1. The van der Waals surface area contributed by atoms with Gasteiger partial charge in [0.15, 0.2) is 0 Å². The Bertz CT molecular complexity index is 717. The Labute approximate surface area is 142 Å². The summed E-state index contributed by atoms with van der Waals surface area (Å²) in [6, 6.07) is 15.9. The van der Waals surface area contributed by atoms with Crippen LogP contribution in [-0.4, -0.2) is 19.8 Å². The predicted octanol–water partition coefficient (Wildman–Crippen LogP) is 4.44. The van der Waals surface area contributed by atoms with Crippen LogP contribution < -0.4 is 10.3 Å². The van der Waals surface area contributed by atoms with Gasteiger partial charge in [-0.3, -0.25) is 5.43 Å². The second kappa shape index (κ2) is 8.21. The van der Waals surface area contributed by atoms with Crippen molar-refractivity contribution in [1.29, 1.82) is 5.26 Å². The van der Waals surface area contributed by atoms with E-state index in [1.165, 1.54) is 0 Å². The fourth-order valence-electron chi connectivity index (χ4n) is 2.01. The molecule has 23 heavy (non-hydrogen) atoms. The molecular weight excluding hydrogens is 308 g/mol. The van der Waals surface area contributed by atoms with Crippen molar-refractivity contribution in [3.63, 3.8) is 0 Å². The van der Waals surface area contributed by atoms with Gasteiger partial charge < -0.3 is 4.90 Å². The zero-order valence-electron chi connectivity index (χ0n) is 13.3. The average molecular weight is 327 g/mol. The third-order valence-corrected chi connectivity index (χ3v) is 3.88. The Morgan fingerprint density at radius 3 is 2.65 bits per heavy atom. The van der Waals surface area contributed by atoms with E-state index in [0.29, 0.717) is 6.42 Å². The van der Waals surface area contributed by atoms with Gasteiger partial charge in [0, 0.05) is 24.3 Å². The summed E-state index contributed by atoms with van der Waals surface area (Å²) in [5, 5.41) is 13.6. The zero-order chi connectivity index (χ0) is 16.7. The van der Waals surface area contributed by atoms with Crippen LogP contribution in [0.2, 0.25) is 5.02 Å². The molecule has 2 aromatic rings. The minimum absolute atomic E-state index is 0.517. The molecule has 4 nitrogen and oxygen atoms in total. The van der Waals surface area contributed by atoms with Gasteiger partial charge in [-0.25, -0.2) is 0 Å². The minimum atomic E-state index is 0.517. The highest BCUT2D eigenvalue weighted by molar-refractivity contribution is 6.31. The average Bonchev–Trinajstić information content (AvgIpc) is 2.56. The highest BCUT2D eigenvalue weighted by Gasteiger charge is 2.00. The summed E-state index contributed by atoms with van der Waals surface area (Å²) in [4.78, 5) is 2.05. The van der Waals surface area contributed by atoms with Crippen LogP contribution in [0, 0.1) is 18.3 Å². The molecule has 0 aliphatic carbocycles. The van der Waals surface area contributed by atoms with E-state index in [2.05, 4.69) is 21.5 Å². The van der Waals surface area contributed by atoms with Crippen LogP contribution >= 0.6 is 11.6 Å². The molecule has 0 radical (unpaired) electrons. The molecule has 0 bridgehead atoms. The molecule has 0 aliphatic rings. The quantitative estimate of drug-likeness (QED) is 0.630. The Kier molecular flexibility index (Phi) is 6.02. The highest BCUT2D eigenvalue weighted by atomic mass is 35.5. The van der Waals surface area contributed by atoms with Crippen LogP contribution in [0.5, 0.6) is 0 Å². The van der Waals surface area contributed by atoms with Crippen molar-refractivity contribution in [3.8, 4) is 6.07 Å². The molecule has 0 heterocycles. The number of hydrogen-bond donors (Lipinski definition) is 1. The van der Waals surface area contributed by atoms with Gasteiger partial charge in [0.1, 0.15) is 0 Å². The molecule has 0 unspecified atom stereocenters. The molecule has 1 N–H and O–H groups in total. The molecule has 118 valence electrons. The predicted molar refractivity (Wildman–Crippen MR) is 97.3 cm³/mol. The monoisotopic (exact) mass is 326 g/mol. The number of benzene rings is 2. The van der Waals surface area contributed by atoms with Crippen LogP contribution in [-0.2, 0) is 0 Å². The van der Waals surface area contributed by atoms with E-state index in [-0.39, 0.29) is 0 Å². The number of aryl methyl sites for hydroxylation is 1. The lowest BCUT2D eigenvalue weighted by Crippen LogP contribution is -2.17. The van der Waals surface area contributed by atoms with Gasteiger partial charge in [-0.2, -0.15) is 10.4 Å². The maximum atomic E-state index is 8.62. The number of anilines is 2. The maximum absolute atomic E-state index is 8.62. The number of rotatable bonds is 6. The van der Waals surface area contributed by atoms with Gasteiger partial charge in [0.05, 0.1) is 24.4 Å². The van der Waals surface area contributed by atoms with E-state index in [9.17, 15) is 0 Å². The van der Waals surface area contributed by atoms with E-state index in [1.807, 2.05) is 56.4 Å². The van der Waals surface area contributed by atoms with Crippen molar-refractivity contribution in [3.05, 3.63) is 58.6 Å². The molecule has 2 aromatic carbocycles.